The summed E-state index contributed by atoms with van der Waals surface area (Å²) in [6.45, 7) is 2.31. The Morgan fingerprint density at radius 3 is 2.60 bits per heavy atom. The van der Waals surface area contributed by atoms with Gasteiger partial charge in [0, 0.05) is 19.5 Å². The number of hydrogen-bond acceptors (Lipinski definition) is 3. The SMILES string of the molecule is Cc1cc(NC(=O)C2CC2)sc1C(=O)N(C)Cc1ccc(Cl)c(Cl)c1. The van der Waals surface area contributed by atoms with E-state index < -0.39 is 0 Å². The third-order valence-corrected chi connectivity index (χ3v) is 5.94. The minimum atomic E-state index is -0.0829. The number of anilines is 1. The molecule has 0 atom stereocenters. The van der Waals surface area contributed by atoms with Crippen LogP contribution in [0.4, 0.5) is 5.00 Å². The van der Waals surface area contributed by atoms with Crippen LogP contribution in [0.1, 0.15) is 33.6 Å². The number of carbonyl (C=O) groups is 2. The number of hydrogen-bond donors (Lipinski definition) is 1. The Morgan fingerprint density at radius 1 is 1.24 bits per heavy atom. The van der Waals surface area contributed by atoms with E-state index in [0.29, 0.717) is 21.5 Å². The fourth-order valence-electron chi connectivity index (χ4n) is 2.48. The van der Waals surface area contributed by atoms with Gasteiger partial charge >= 0.3 is 0 Å². The summed E-state index contributed by atoms with van der Waals surface area (Å²) in [4.78, 5) is 26.9. The third kappa shape index (κ3) is 4.35. The number of halogens is 2. The number of carbonyl (C=O) groups excluding carboxylic acids is 2. The lowest BCUT2D eigenvalue weighted by Crippen LogP contribution is -2.25. The van der Waals surface area contributed by atoms with Crippen molar-refractivity contribution in [3.8, 4) is 0 Å². The highest BCUT2D eigenvalue weighted by Gasteiger charge is 2.30. The van der Waals surface area contributed by atoms with Gasteiger partial charge in [0.15, 0.2) is 0 Å². The lowest BCUT2D eigenvalue weighted by atomic mass is 10.2. The maximum atomic E-state index is 12.7. The number of aryl methyl sites for hydroxylation is 1. The Kier molecular flexibility index (Phi) is 5.37. The van der Waals surface area contributed by atoms with Crippen LogP contribution in [0.25, 0.3) is 0 Å². The van der Waals surface area contributed by atoms with Gasteiger partial charge in [0.2, 0.25) is 5.91 Å². The van der Waals surface area contributed by atoms with Crippen LogP contribution in [0.15, 0.2) is 24.3 Å². The highest BCUT2D eigenvalue weighted by Crippen LogP contribution is 2.33. The quantitative estimate of drug-likeness (QED) is 0.773. The summed E-state index contributed by atoms with van der Waals surface area (Å²) in [6.07, 6.45) is 1.91. The van der Waals surface area contributed by atoms with E-state index in [1.54, 1.807) is 24.1 Å². The summed E-state index contributed by atoms with van der Waals surface area (Å²) in [5.74, 6) is 0.101. The molecule has 3 rings (SSSR count). The average molecular weight is 397 g/mol. The van der Waals surface area contributed by atoms with Gasteiger partial charge in [0.05, 0.1) is 19.9 Å². The second-order valence-corrected chi connectivity index (χ2v) is 8.16. The first-order chi connectivity index (χ1) is 11.8. The van der Waals surface area contributed by atoms with Crippen molar-refractivity contribution in [2.75, 3.05) is 12.4 Å². The van der Waals surface area contributed by atoms with Crippen LogP contribution in [0.5, 0.6) is 0 Å². The van der Waals surface area contributed by atoms with Crippen molar-refractivity contribution in [1.29, 1.82) is 0 Å². The van der Waals surface area contributed by atoms with Gasteiger partial charge in [-0.1, -0.05) is 29.3 Å². The fraction of sp³-hybridized carbons (Fsp3) is 0.333. The van der Waals surface area contributed by atoms with Gasteiger partial charge in [-0.3, -0.25) is 9.59 Å². The molecule has 0 spiro atoms. The van der Waals surface area contributed by atoms with Crippen molar-refractivity contribution < 1.29 is 9.59 Å². The molecule has 0 aliphatic heterocycles. The van der Waals surface area contributed by atoms with E-state index in [0.717, 1.165) is 29.0 Å². The minimum Gasteiger partial charge on any atom is -0.337 e. The number of nitrogens with one attached hydrogen (secondary N) is 1. The summed E-state index contributed by atoms with van der Waals surface area (Å²) in [6, 6.07) is 7.18. The molecule has 0 unspecified atom stereocenters. The Bertz CT molecular complexity index is 830. The highest BCUT2D eigenvalue weighted by molar-refractivity contribution is 7.18. The highest BCUT2D eigenvalue weighted by atomic mass is 35.5. The summed E-state index contributed by atoms with van der Waals surface area (Å²) in [7, 11) is 1.74. The van der Waals surface area contributed by atoms with Crippen molar-refractivity contribution >= 4 is 51.4 Å². The molecule has 0 radical (unpaired) electrons. The van der Waals surface area contributed by atoms with E-state index in [1.165, 1.54) is 11.3 Å². The zero-order valence-corrected chi connectivity index (χ0v) is 16.3. The average Bonchev–Trinajstić information content (AvgIpc) is 3.34. The van der Waals surface area contributed by atoms with Crippen LogP contribution >= 0.6 is 34.5 Å². The molecule has 1 aromatic carbocycles. The van der Waals surface area contributed by atoms with Crippen LogP contribution in [-0.2, 0) is 11.3 Å². The third-order valence-electron chi connectivity index (χ3n) is 4.06. The van der Waals surface area contributed by atoms with Gasteiger partial charge in [-0.2, -0.15) is 0 Å². The van der Waals surface area contributed by atoms with Gasteiger partial charge in [-0.05, 0) is 49.1 Å². The van der Waals surface area contributed by atoms with Gasteiger partial charge in [-0.25, -0.2) is 0 Å². The molecule has 132 valence electrons. The van der Waals surface area contributed by atoms with Gasteiger partial charge in [0.1, 0.15) is 0 Å². The first kappa shape index (κ1) is 18.2. The second-order valence-electron chi connectivity index (χ2n) is 6.30. The number of benzene rings is 1. The van der Waals surface area contributed by atoms with E-state index in [2.05, 4.69) is 5.32 Å². The van der Waals surface area contributed by atoms with Crippen LogP contribution in [0.2, 0.25) is 10.0 Å². The van der Waals surface area contributed by atoms with Crippen LogP contribution in [0, 0.1) is 12.8 Å². The van der Waals surface area contributed by atoms with Gasteiger partial charge in [-0.15, -0.1) is 11.3 Å². The van der Waals surface area contributed by atoms with E-state index >= 15 is 0 Å². The molecular formula is C18H18Cl2N2O2S. The normalized spacial score (nSPS) is 13.6. The molecular weight excluding hydrogens is 379 g/mol. The molecule has 0 bridgehead atoms. The van der Waals surface area contributed by atoms with Gasteiger partial charge < -0.3 is 10.2 Å². The molecule has 0 saturated heterocycles. The number of thiophene rings is 1. The number of amides is 2. The molecule has 1 N–H and O–H groups in total. The van der Waals surface area contributed by atoms with E-state index in [-0.39, 0.29) is 17.7 Å². The summed E-state index contributed by atoms with van der Waals surface area (Å²) in [5, 5.41) is 4.58. The monoisotopic (exact) mass is 396 g/mol. The van der Waals surface area contributed by atoms with E-state index in [4.69, 9.17) is 23.2 Å². The van der Waals surface area contributed by atoms with Crippen LogP contribution in [0.3, 0.4) is 0 Å². The maximum absolute atomic E-state index is 12.7. The lowest BCUT2D eigenvalue weighted by molar-refractivity contribution is -0.117. The molecule has 1 aromatic heterocycles. The molecule has 1 saturated carbocycles. The van der Waals surface area contributed by atoms with Crippen molar-refractivity contribution in [2.45, 2.75) is 26.3 Å². The van der Waals surface area contributed by atoms with Crippen LogP contribution in [-0.4, -0.2) is 23.8 Å². The Hall–Kier alpha value is -1.56. The fourth-order valence-corrected chi connectivity index (χ4v) is 3.87. The number of nitrogens with zero attached hydrogens (tertiary/aromatic N) is 1. The first-order valence-corrected chi connectivity index (χ1v) is 9.53. The largest absolute Gasteiger partial charge is 0.337 e. The van der Waals surface area contributed by atoms with E-state index in [9.17, 15) is 9.59 Å². The summed E-state index contributed by atoms with van der Waals surface area (Å²) >= 11 is 13.3. The van der Waals surface area contributed by atoms with Crippen molar-refractivity contribution in [2.24, 2.45) is 5.92 Å². The molecule has 2 aromatic rings. The second kappa shape index (κ2) is 7.36. The molecule has 25 heavy (non-hydrogen) atoms. The lowest BCUT2D eigenvalue weighted by Gasteiger charge is -2.17. The predicted octanol–water partition coefficient (Wildman–Crippen LogP) is 4.98. The molecule has 1 aliphatic rings. The first-order valence-electron chi connectivity index (χ1n) is 7.96. The Morgan fingerprint density at radius 2 is 1.96 bits per heavy atom. The molecule has 1 heterocycles. The molecule has 2 amide bonds. The molecule has 1 fully saturated rings. The topological polar surface area (TPSA) is 49.4 Å². The number of rotatable bonds is 5. The zero-order valence-electron chi connectivity index (χ0n) is 13.9. The molecule has 4 nitrogen and oxygen atoms in total. The summed E-state index contributed by atoms with van der Waals surface area (Å²) in [5.41, 5.74) is 1.77. The van der Waals surface area contributed by atoms with Crippen molar-refractivity contribution in [3.05, 3.63) is 50.3 Å². The smallest absolute Gasteiger partial charge is 0.264 e. The zero-order chi connectivity index (χ0) is 18.1. The molecule has 7 heteroatoms. The summed E-state index contributed by atoms with van der Waals surface area (Å²) < 4.78 is 0. The maximum Gasteiger partial charge on any atom is 0.264 e. The Labute approximate surface area is 160 Å². The van der Waals surface area contributed by atoms with Crippen LogP contribution < -0.4 is 5.32 Å². The predicted molar refractivity (Wildman–Crippen MR) is 103 cm³/mol. The standard InChI is InChI=1S/C18H18Cl2N2O2S/c1-10-7-15(21-17(23)12-4-5-12)25-16(10)18(24)22(2)9-11-3-6-13(19)14(20)8-11/h3,6-8,12H,4-5,9H2,1-2H3,(H,21,23). The van der Waals surface area contributed by atoms with Crippen molar-refractivity contribution in [1.82, 2.24) is 4.90 Å². The van der Waals surface area contributed by atoms with Gasteiger partial charge in [0.25, 0.3) is 5.91 Å². The Balaban J connectivity index is 1.69. The minimum absolute atomic E-state index is 0.0457. The van der Waals surface area contributed by atoms with E-state index in [1.807, 2.05) is 19.1 Å². The van der Waals surface area contributed by atoms with Crippen molar-refractivity contribution in [3.63, 3.8) is 0 Å². The molecule has 1 aliphatic carbocycles.